The number of anilines is 1. The van der Waals surface area contributed by atoms with Crippen molar-refractivity contribution < 1.29 is 14.1 Å². The van der Waals surface area contributed by atoms with Crippen LogP contribution in [0.1, 0.15) is 45.5 Å². The highest BCUT2D eigenvalue weighted by Gasteiger charge is 2.37. The van der Waals surface area contributed by atoms with Gasteiger partial charge in [-0.25, -0.2) is 0 Å². The molecule has 0 unspecified atom stereocenters. The van der Waals surface area contributed by atoms with Crippen LogP contribution in [0.2, 0.25) is 0 Å². The maximum absolute atomic E-state index is 13.5. The molecule has 0 spiro atoms. The number of hydrogen-bond donors (Lipinski definition) is 0. The first kappa shape index (κ1) is 23.9. The molecule has 3 aromatic rings. The van der Waals surface area contributed by atoms with Gasteiger partial charge in [0.2, 0.25) is 11.4 Å². The number of para-hydroxylation sites is 3. The smallest absolute Gasteiger partial charge is 0.263 e. The lowest BCUT2D eigenvalue weighted by Gasteiger charge is -2.26. The van der Waals surface area contributed by atoms with E-state index in [1.807, 2.05) is 24.3 Å². The fourth-order valence-electron chi connectivity index (χ4n) is 4.53. The third-order valence-corrected chi connectivity index (χ3v) is 8.29. The minimum atomic E-state index is 0.0946. The standard InChI is InChI=1S/C29H31N2O2S2/c1-5-15-30-22-11-7-9-13-24(22)33-26(30)17-20-28(32)21(29(20)34-19(3)4)18-27-31(16-6-2)23-12-8-10-14-25(23)35-27/h7-14,17-19H,5-6,15-16H2,1-4H3/q+1. The number of carbonyl (C=O) groups excluding carboxylic acids is 1. The van der Waals surface area contributed by atoms with Crippen molar-refractivity contribution in [3.05, 3.63) is 81.5 Å². The molecule has 35 heavy (non-hydrogen) atoms. The molecular weight excluding hydrogens is 472 g/mol. The van der Waals surface area contributed by atoms with Gasteiger partial charge in [-0.15, -0.1) is 11.8 Å². The summed E-state index contributed by atoms with van der Waals surface area (Å²) in [5.41, 5.74) is 3.86. The van der Waals surface area contributed by atoms with E-state index in [1.54, 1.807) is 23.1 Å². The van der Waals surface area contributed by atoms with E-state index in [0.29, 0.717) is 5.25 Å². The summed E-state index contributed by atoms with van der Waals surface area (Å²) in [6.45, 7) is 10.5. The van der Waals surface area contributed by atoms with Crippen LogP contribution in [0.15, 0.2) is 76.5 Å². The molecule has 0 N–H and O–H groups in total. The predicted molar refractivity (Wildman–Crippen MR) is 148 cm³/mol. The van der Waals surface area contributed by atoms with Gasteiger partial charge in [0.1, 0.15) is 11.2 Å². The molecule has 2 aliphatic rings. The number of Topliss-reactive ketones (excluding diaryl/α,β-unsaturated/α-hetero) is 1. The number of nitrogens with zero attached hydrogens (tertiary/aromatic N) is 2. The van der Waals surface area contributed by atoms with E-state index in [0.717, 1.165) is 64.3 Å². The predicted octanol–water partition coefficient (Wildman–Crippen LogP) is 7.11. The first-order chi connectivity index (χ1) is 17.0. The molecule has 0 fully saturated rings. The number of carbonyl (C=O) groups is 1. The molecule has 1 aliphatic carbocycles. The first-order valence-electron chi connectivity index (χ1n) is 12.4. The second-order valence-electron chi connectivity index (χ2n) is 9.06. The summed E-state index contributed by atoms with van der Waals surface area (Å²) in [6.07, 6.45) is 6.08. The molecule has 5 rings (SSSR count). The molecule has 0 saturated carbocycles. The molecule has 180 valence electrons. The van der Waals surface area contributed by atoms with Crippen LogP contribution in [0.25, 0.3) is 16.3 Å². The maximum Gasteiger partial charge on any atom is 0.263 e. The molecule has 6 heteroatoms. The summed E-state index contributed by atoms with van der Waals surface area (Å²) in [7, 11) is 0. The molecule has 2 aromatic carbocycles. The van der Waals surface area contributed by atoms with Crippen molar-refractivity contribution >= 4 is 50.9 Å². The van der Waals surface area contributed by atoms with Crippen LogP contribution in [0.5, 0.6) is 5.75 Å². The van der Waals surface area contributed by atoms with E-state index in [9.17, 15) is 4.79 Å². The number of allylic oxidation sites excluding steroid dienone is 3. The number of aryl methyl sites for hydroxylation is 1. The molecule has 1 aliphatic heterocycles. The van der Waals surface area contributed by atoms with Gasteiger partial charge in [0, 0.05) is 52.5 Å². The lowest BCUT2D eigenvalue weighted by Crippen LogP contribution is -2.35. The second kappa shape index (κ2) is 10.0. The maximum atomic E-state index is 13.5. The van der Waals surface area contributed by atoms with Gasteiger partial charge in [-0.2, -0.15) is 4.57 Å². The van der Waals surface area contributed by atoms with Crippen LogP contribution >= 0.6 is 23.1 Å². The zero-order valence-corrected chi connectivity index (χ0v) is 22.3. The van der Waals surface area contributed by atoms with Crippen molar-refractivity contribution in [3.63, 3.8) is 0 Å². The summed E-state index contributed by atoms with van der Waals surface area (Å²) < 4.78 is 9.78. The van der Waals surface area contributed by atoms with Gasteiger partial charge in [-0.05, 0) is 24.6 Å². The summed E-state index contributed by atoms with van der Waals surface area (Å²) in [5, 5.41) is 1.50. The molecule has 1 aromatic heterocycles. The van der Waals surface area contributed by atoms with Gasteiger partial charge >= 0.3 is 0 Å². The summed E-state index contributed by atoms with van der Waals surface area (Å²) in [4.78, 5) is 16.7. The quantitative estimate of drug-likeness (QED) is 0.242. The van der Waals surface area contributed by atoms with E-state index in [1.165, 1.54) is 10.2 Å². The molecular formula is C29H31N2O2S2+. The van der Waals surface area contributed by atoms with Crippen molar-refractivity contribution in [2.24, 2.45) is 0 Å². The number of ketones is 1. The average molecular weight is 504 g/mol. The normalized spacial score (nSPS) is 17.6. The third-order valence-electron chi connectivity index (χ3n) is 6.04. The van der Waals surface area contributed by atoms with Crippen LogP contribution in [-0.2, 0) is 11.3 Å². The number of aromatic nitrogens is 1. The largest absolute Gasteiger partial charge is 0.439 e. The fraction of sp³-hybridized carbons (Fsp3) is 0.310. The van der Waals surface area contributed by atoms with Crippen molar-refractivity contribution in [1.82, 2.24) is 0 Å². The summed E-state index contributed by atoms with van der Waals surface area (Å²) in [5.74, 6) is 1.68. The van der Waals surface area contributed by atoms with Gasteiger partial charge in [0.15, 0.2) is 11.5 Å². The number of thioether (sulfide) groups is 1. The van der Waals surface area contributed by atoms with Crippen LogP contribution < -0.4 is 14.2 Å². The number of ether oxygens (including phenoxy) is 1. The number of benzene rings is 2. The molecule has 0 saturated heterocycles. The number of fused-ring (bicyclic) bond motifs is 2. The third kappa shape index (κ3) is 4.45. The Bertz CT molecular complexity index is 1380. The Morgan fingerprint density at radius 2 is 1.83 bits per heavy atom. The Labute approximate surface area is 215 Å². The summed E-state index contributed by atoms with van der Waals surface area (Å²) >= 11 is 3.51. The van der Waals surface area contributed by atoms with Crippen molar-refractivity contribution in [2.75, 3.05) is 11.4 Å². The Kier molecular flexibility index (Phi) is 6.85. The monoisotopic (exact) mass is 503 g/mol. The van der Waals surface area contributed by atoms with E-state index >= 15 is 0 Å². The van der Waals surface area contributed by atoms with Crippen molar-refractivity contribution in [1.29, 1.82) is 0 Å². The van der Waals surface area contributed by atoms with Crippen LogP contribution in [-0.4, -0.2) is 17.6 Å². The number of rotatable bonds is 8. The number of thiazole rings is 1. The molecule has 4 nitrogen and oxygen atoms in total. The highest BCUT2D eigenvalue weighted by Crippen LogP contribution is 2.45. The Hall–Kier alpha value is -2.83. The van der Waals surface area contributed by atoms with E-state index < -0.39 is 0 Å². The van der Waals surface area contributed by atoms with Crippen molar-refractivity contribution in [3.8, 4) is 5.75 Å². The van der Waals surface area contributed by atoms with Crippen molar-refractivity contribution in [2.45, 2.75) is 52.3 Å². The SMILES string of the molecule is CCCN1C(=CC2=C(SC(C)C)C(=Cc3sc4ccccc4[n+]3CCC)C2=O)Oc2ccccc21. The van der Waals surface area contributed by atoms with Crippen LogP contribution in [0.4, 0.5) is 5.69 Å². The minimum absolute atomic E-state index is 0.0946. The van der Waals surface area contributed by atoms with Crippen LogP contribution in [0, 0.1) is 0 Å². The lowest BCUT2D eigenvalue weighted by atomic mass is 9.89. The number of hydrogen-bond acceptors (Lipinski definition) is 5. The Morgan fingerprint density at radius 3 is 2.60 bits per heavy atom. The summed E-state index contributed by atoms with van der Waals surface area (Å²) in [6, 6.07) is 16.6. The zero-order chi connectivity index (χ0) is 24.5. The zero-order valence-electron chi connectivity index (χ0n) is 20.7. The van der Waals surface area contributed by atoms with Gasteiger partial charge < -0.3 is 9.64 Å². The van der Waals surface area contributed by atoms with Gasteiger partial charge in [-0.3, -0.25) is 4.79 Å². The van der Waals surface area contributed by atoms with E-state index in [-0.39, 0.29) is 5.78 Å². The minimum Gasteiger partial charge on any atom is -0.439 e. The molecule has 0 atom stereocenters. The molecule has 0 amide bonds. The molecule has 2 heterocycles. The fourth-order valence-corrected chi connectivity index (χ4v) is 6.69. The Balaban J connectivity index is 1.57. The second-order valence-corrected chi connectivity index (χ2v) is 11.7. The topological polar surface area (TPSA) is 33.4 Å². The highest BCUT2D eigenvalue weighted by atomic mass is 32.2. The molecule has 0 radical (unpaired) electrons. The van der Waals surface area contributed by atoms with Gasteiger partial charge in [0.25, 0.3) is 5.01 Å². The average Bonchev–Trinajstić information content (AvgIpc) is 3.38. The van der Waals surface area contributed by atoms with Gasteiger partial charge in [-0.1, -0.05) is 63.3 Å². The first-order valence-corrected chi connectivity index (χ1v) is 14.1. The van der Waals surface area contributed by atoms with E-state index in [2.05, 4.69) is 73.6 Å². The van der Waals surface area contributed by atoms with Crippen LogP contribution in [0.3, 0.4) is 0 Å². The highest BCUT2D eigenvalue weighted by molar-refractivity contribution is 8.04. The lowest BCUT2D eigenvalue weighted by molar-refractivity contribution is -0.668. The Morgan fingerprint density at radius 1 is 1.06 bits per heavy atom. The molecule has 0 bridgehead atoms. The van der Waals surface area contributed by atoms with Gasteiger partial charge in [0.05, 0.1) is 5.69 Å². The van der Waals surface area contributed by atoms with E-state index in [4.69, 9.17) is 4.74 Å².